The van der Waals surface area contributed by atoms with E-state index in [-0.39, 0.29) is 24.0 Å². The predicted octanol–water partition coefficient (Wildman–Crippen LogP) is 3.64. The Labute approximate surface area is 197 Å². The lowest BCUT2D eigenvalue weighted by atomic mass is 9.79. The second-order valence-corrected chi connectivity index (χ2v) is 9.31. The summed E-state index contributed by atoms with van der Waals surface area (Å²) in [7, 11) is 0. The Hall–Kier alpha value is -0.510. The van der Waals surface area contributed by atoms with E-state index < -0.39 is 5.60 Å². The van der Waals surface area contributed by atoms with Crippen molar-refractivity contribution in [3.8, 4) is 0 Å². The summed E-state index contributed by atoms with van der Waals surface area (Å²) in [5.41, 5.74) is 0.710. The van der Waals surface area contributed by atoms with Crippen molar-refractivity contribution in [1.82, 2.24) is 15.5 Å². The molecule has 7 heteroatoms. The highest BCUT2D eigenvalue weighted by atomic mass is 127. The van der Waals surface area contributed by atoms with Gasteiger partial charge in [-0.1, -0.05) is 37.3 Å². The van der Waals surface area contributed by atoms with Crippen molar-refractivity contribution in [2.24, 2.45) is 4.99 Å². The summed E-state index contributed by atoms with van der Waals surface area (Å²) in [5, 5.41) is 18.1. The number of benzene rings is 1. The van der Waals surface area contributed by atoms with Crippen LogP contribution >= 0.6 is 35.7 Å². The van der Waals surface area contributed by atoms with Crippen molar-refractivity contribution in [1.29, 1.82) is 0 Å². The Morgan fingerprint density at radius 1 is 1.24 bits per heavy atom. The van der Waals surface area contributed by atoms with E-state index in [0.717, 1.165) is 50.7 Å². The van der Waals surface area contributed by atoms with Gasteiger partial charge in [0.1, 0.15) is 0 Å². The summed E-state index contributed by atoms with van der Waals surface area (Å²) in [5.74, 6) is 1.85. The van der Waals surface area contributed by atoms with Gasteiger partial charge in [0, 0.05) is 18.3 Å². The Kier molecular flexibility index (Phi) is 10.6. The molecule has 0 radical (unpaired) electrons. The molecule has 3 unspecified atom stereocenters. The van der Waals surface area contributed by atoms with Gasteiger partial charge in [0.2, 0.25) is 0 Å². The highest BCUT2D eigenvalue weighted by molar-refractivity contribution is 14.0. The van der Waals surface area contributed by atoms with E-state index in [1.165, 1.54) is 18.4 Å². The Balaban J connectivity index is 0.00000300. The van der Waals surface area contributed by atoms with Gasteiger partial charge in [0.05, 0.1) is 18.2 Å². The molecule has 3 N–H and O–H groups in total. The predicted molar refractivity (Wildman–Crippen MR) is 135 cm³/mol. The number of thioether (sulfide) groups is 1. The summed E-state index contributed by atoms with van der Waals surface area (Å²) in [6.07, 6.45) is 4.51. The number of halogens is 1. The van der Waals surface area contributed by atoms with E-state index >= 15 is 0 Å². The molecule has 1 heterocycles. The molecule has 1 aliphatic carbocycles. The van der Waals surface area contributed by atoms with Crippen molar-refractivity contribution >= 4 is 41.7 Å². The Morgan fingerprint density at radius 3 is 2.55 bits per heavy atom. The molecule has 1 saturated heterocycles. The number of hydrogen-bond acceptors (Lipinski definition) is 4. The molecule has 1 saturated carbocycles. The van der Waals surface area contributed by atoms with Crippen LogP contribution in [-0.4, -0.2) is 65.3 Å². The third kappa shape index (κ3) is 6.74. The van der Waals surface area contributed by atoms with Gasteiger partial charge < -0.3 is 15.7 Å². The average Bonchev–Trinajstić information content (AvgIpc) is 3.24. The zero-order valence-corrected chi connectivity index (χ0v) is 20.9. The Bertz CT molecular complexity index is 626. The van der Waals surface area contributed by atoms with E-state index in [9.17, 15) is 5.11 Å². The van der Waals surface area contributed by atoms with Gasteiger partial charge in [-0.25, -0.2) is 0 Å². The zero-order chi connectivity index (χ0) is 19.8. The topological polar surface area (TPSA) is 59.9 Å². The monoisotopic (exact) mass is 532 g/mol. The molecule has 1 aromatic carbocycles. The number of aliphatic imine (C=N–C) groups is 1. The Morgan fingerprint density at radius 2 is 1.97 bits per heavy atom. The molecule has 3 atom stereocenters. The van der Waals surface area contributed by atoms with Crippen LogP contribution in [0.4, 0.5) is 0 Å². The molecule has 1 aromatic rings. The van der Waals surface area contributed by atoms with Gasteiger partial charge >= 0.3 is 0 Å². The van der Waals surface area contributed by atoms with Crippen LogP contribution in [0, 0.1) is 0 Å². The number of rotatable bonds is 9. The molecule has 5 nitrogen and oxygen atoms in total. The van der Waals surface area contributed by atoms with Crippen LogP contribution in [0.3, 0.4) is 0 Å². The van der Waals surface area contributed by atoms with E-state index in [0.29, 0.717) is 17.8 Å². The fourth-order valence-electron chi connectivity index (χ4n) is 4.15. The molecule has 0 aromatic heterocycles. The molecule has 0 amide bonds. The van der Waals surface area contributed by atoms with Crippen molar-refractivity contribution in [3.63, 3.8) is 0 Å². The smallest absolute Gasteiger partial charge is 0.191 e. The fraction of sp³-hybridized carbons (Fsp3) is 0.682. The molecule has 0 spiro atoms. The van der Waals surface area contributed by atoms with Crippen LogP contribution < -0.4 is 10.6 Å². The van der Waals surface area contributed by atoms with Crippen LogP contribution in [0.25, 0.3) is 0 Å². The van der Waals surface area contributed by atoms with Crippen LogP contribution in [0.2, 0.25) is 0 Å². The zero-order valence-electron chi connectivity index (χ0n) is 17.8. The van der Waals surface area contributed by atoms with Gasteiger partial charge in [-0.2, -0.15) is 11.8 Å². The first-order valence-corrected chi connectivity index (χ1v) is 11.9. The summed E-state index contributed by atoms with van der Waals surface area (Å²) in [6.45, 7) is 8.66. The second kappa shape index (κ2) is 12.4. The van der Waals surface area contributed by atoms with Gasteiger partial charge in [-0.05, 0) is 57.0 Å². The lowest BCUT2D eigenvalue weighted by Crippen LogP contribution is -2.53. The van der Waals surface area contributed by atoms with E-state index in [1.54, 1.807) is 0 Å². The van der Waals surface area contributed by atoms with Crippen molar-refractivity contribution in [2.45, 2.75) is 56.4 Å². The maximum atomic E-state index is 10.9. The normalized spacial score (nSPS) is 25.8. The van der Waals surface area contributed by atoms with Crippen LogP contribution in [0.15, 0.2) is 35.3 Å². The first kappa shape index (κ1) is 24.8. The molecular formula is C22H37IN4OS. The number of aliphatic hydroxyl groups is 1. The third-order valence-electron chi connectivity index (χ3n) is 5.89. The number of nitrogens with one attached hydrogen (secondary N) is 2. The van der Waals surface area contributed by atoms with Gasteiger partial charge in [-0.15, -0.1) is 24.0 Å². The molecule has 1 aliphatic heterocycles. The van der Waals surface area contributed by atoms with Crippen molar-refractivity contribution in [3.05, 3.63) is 35.9 Å². The minimum atomic E-state index is -0.642. The highest BCUT2D eigenvalue weighted by Crippen LogP contribution is 2.41. The van der Waals surface area contributed by atoms with E-state index in [1.807, 2.05) is 11.8 Å². The molecule has 2 fully saturated rings. The third-order valence-corrected chi connectivity index (χ3v) is 7.30. The molecule has 164 valence electrons. The fourth-order valence-corrected chi connectivity index (χ4v) is 5.34. The number of likely N-dealkylation sites (tertiary alicyclic amines) is 1. The largest absolute Gasteiger partial charge is 0.387 e. The highest BCUT2D eigenvalue weighted by Gasteiger charge is 2.45. The van der Waals surface area contributed by atoms with Gasteiger partial charge in [0.15, 0.2) is 5.96 Å². The van der Waals surface area contributed by atoms with Crippen LogP contribution in [-0.2, 0) is 0 Å². The molecule has 29 heavy (non-hydrogen) atoms. The summed E-state index contributed by atoms with van der Waals surface area (Å²) < 4.78 is 0. The first-order valence-electron chi connectivity index (χ1n) is 10.8. The lowest BCUT2D eigenvalue weighted by Gasteiger charge is -2.44. The second-order valence-electron chi connectivity index (χ2n) is 7.83. The summed E-state index contributed by atoms with van der Waals surface area (Å²) in [4.78, 5) is 7.31. The van der Waals surface area contributed by atoms with E-state index in [2.05, 4.69) is 59.7 Å². The lowest BCUT2D eigenvalue weighted by molar-refractivity contribution is -0.0154. The van der Waals surface area contributed by atoms with Crippen LogP contribution in [0.5, 0.6) is 0 Å². The molecule has 0 bridgehead atoms. The van der Waals surface area contributed by atoms with Crippen molar-refractivity contribution < 1.29 is 5.11 Å². The number of guanidine groups is 1. The molecule has 3 rings (SSSR count). The maximum Gasteiger partial charge on any atom is 0.191 e. The van der Waals surface area contributed by atoms with Crippen molar-refractivity contribution in [2.75, 3.05) is 38.5 Å². The van der Waals surface area contributed by atoms with Crippen LogP contribution in [0.1, 0.15) is 51.1 Å². The molecule has 2 aliphatic rings. The summed E-state index contributed by atoms with van der Waals surface area (Å²) >= 11 is 1.86. The quantitative estimate of drug-likeness (QED) is 0.258. The summed E-state index contributed by atoms with van der Waals surface area (Å²) in [6, 6.07) is 11.1. The molecular weight excluding hydrogens is 495 g/mol. The average molecular weight is 533 g/mol. The first-order chi connectivity index (χ1) is 13.7. The number of nitrogens with zero attached hydrogens (tertiary/aromatic N) is 2. The minimum Gasteiger partial charge on any atom is -0.387 e. The SMILES string of the molecule is CCNC(=NCC1(O)CCC1SCC)NCC(c1ccccc1)N1CCCC1.I. The van der Waals surface area contributed by atoms with Gasteiger partial charge in [-0.3, -0.25) is 9.89 Å². The maximum absolute atomic E-state index is 10.9. The standard InChI is InChI=1S/C22H36N4OS.HI/c1-3-23-21(25-17-22(27)13-12-20(22)28-4-2)24-16-19(26-14-8-9-15-26)18-10-6-5-7-11-18;/h5-7,10-11,19-20,27H,3-4,8-9,12-17H2,1-2H3,(H2,23,24,25);1H. The number of hydrogen-bond donors (Lipinski definition) is 3. The van der Waals surface area contributed by atoms with Gasteiger partial charge in [0.25, 0.3) is 0 Å². The minimum absolute atomic E-state index is 0. The van der Waals surface area contributed by atoms with E-state index in [4.69, 9.17) is 4.99 Å².